The van der Waals surface area contributed by atoms with Crippen LogP contribution in [-0.4, -0.2) is 35.0 Å². The molecule has 1 saturated heterocycles. The van der Waals surface area contributed by atoms with Crippen LogP contribution < -0.4 is 4.74 Å². The number of hydrogen-bond acceptors (Lipinski definition) is 3. The Morgan fingerprint density at radius 3 is 2.47 bits per heavy atom. The standard InChI is InChI=1S/C26H22N2O2/c29-26(22-13-11-20(12-14-22)19-6-2-1-3-7-19)28-17-15-23(18-28)30-24-10-4-8-21-9-5-16-27-25(21)24/h1-14,16,23H,15,17-18H2. The van der Waals surface area contributed by atoms with E-state index in [1.165, 1.54) is 0 Å². The van der Waals surface area contributed by atoms with Crippen molar-refractivity contribution in [2.45, 2.75) is 12.5 Å². The van der Waals surface area contributed by atoms with E-state index >= 15 is 0 Å². The van der Waals surface area contributed by atoms with Gasteiger partial charge in [0.25, 0.3) is 5.91 Å². The van der Waals surface area contributed by atoms with Crippen LogP contribution in [0.25, 0.3) is 22.0 Å². The van der Waals surface area contributed by atoms with Gasteiger partial charge in [-0.25, -0.2) is 0 Å². The first-order valence-electron chi connectivity index (χ1n) is 10.2. The third-order valence-electron chi connectivity index (χ3n) is 5.56. The number of para-hydroxylation sites is 1. The normalized spacial score (nSPS) is 16.0. The van der Waals surface area contributed by atoms with Crippen LogP contribution in [0.3, 0.4) is 0 Å². The molecular formula is C26H22N2O2. The molecule has 1 aliphatic heterocycles. The van der Waals surface area contributed by atoms with Crippen molar-refractivity contribution in [3.63, 3.8) is 0 Å². The quantitative estimate of drug-likeness (QED) is 0.478. The van der Waals surface area contributed by atoms with Gasteiger partial charge in [0.1, 0.15) is 17.4 Å². The molecule has 0 spiro atoms. The van der Waals surface area contributed by atoms with E-state index < -0.39 is 0 Å². The van der Waals surface area contributed by atoms with Crippen LogP contribution in [0.5, 0.6) is 5.75 Å². The highest BCUT2D eigenvalue weighted by molar-refractivity contribution is 5.95. The predicted molar refractivity (Wildman–Crippen MR) is 119 cm³/mol. The molecule has 4 heteroatoms. The van der Waals surface area contributed by atoms with E-state index in [4.69, 9.17) is 4.74 Å². The summed E-state index contributed by atoms with van der Waals surface area (Å²) in [5.41, 5.74) is 3.83. The average molecular weight is 394 g/mol. The fourth-order valence-corrected chi connectivity index (χ4v) is 3.98. The van der Waals surface area contributed by atoms with Crippen molar-refractivity contribution < 1.29 is 9.53 Å². The highest BCUT2D eigenvalue weighted by Gasteiger charge is 2.28. The van der Waals surface area contributed by atoms with Crippen molar-refractivity contribution in [3.05, 3.63) is 96.7 Å². The molecule has 4 aromatic rings. The number of carbonyl (C=O) groups excluding carboxylic acids is 1. The van der Waals surface area contributed by atoms with Crippen LogP contribution in [0.4, 0.5) is 0 Å². The molecule has 1 unspecified atom stereocenters. The molecule has 1 fully saturated rings. The lowest BCUT2D eigenvalue weighted by atomic mass is 10.0. The lowest BCUT2D eigenvalue weighted by molar-refractivity contribution is 0.0773. The van der Waals surface area contributed by atoms with E-state index in [0.717, 1.165) is 34.2 Å². The number of amides is 1. The predicted octanol–water partition coefficient (Wildman–Crippen LogP) is 5.20. The van der Waals surface area contributed by atoms with Crippen molar-refractivity contribution in [3.8, 4) is 16.9 Å². The molecule has 30 heavy (non-hydrogen) atoms. The van der Waals surface area contributed by atoms with Crippen LogP contribution in [0, 0.1) is 0 Å². The molecule has 0 aliphatic carbocycles. The Bertz CT molecular complexity index is 1170. The van der Waals surface area contributed by atoms with Gasteiger partial charge in [0.2, 0.25) is 0 Å². The molecule has 0 saturated carbocycles. The van der Waals surface area contributed by atoms with Crippen molar-refractivity contribution in [2.24, 2.45) is 0 Å². The summed E-state index contributed by atoms with van der Waals surface area (Å²) in [5.74, 6) is 0.830. The van der Waals surface area contributed by atoms with Crippen molar-refractivity contribution in [1.29, 1.82) is 0 Å². The van der Waals surface area contributed by atoms with E-state index in [1.54, 1.807) is 6.20 Å². The molecule has 1 aliphatic rings. The first-order valence-corrected chi connectivity index (χ1v) is 10.2. The van der Waals surface area contributed by atoms with Crippen LogP contribution in [0.1, 0.15) is 16.8 Å². The number of aromatic nitrogens is 1. The highest BCUT2D eigenvalue weighted by Crippen LogP contribution is 2.27. The number of nitrogens with zero attached hydrogens (tertiary/aromatic N) is 2. The zero-order chi connectivity index (χ0) is 20.3. The van der Waals surface area contributed by atoms with E-state index in [-0.39, 0.29) is 12.0 Å². The van der Waals surface area contributed by atoms with E-state index in [1.807, 2.05) is 77.7 Å². The molecule has 0 N–H and O–H groups in total. The smallest absolute Gasteiger partial charge is 0.253 e. The average Bonchev–Trinajstić information content (AvgIpc) is 3.28. The Balaban J connectivity index is 1.27. The summed E-state index contributed by atoms with van der Waals surface area (Å²) in [7, 11) is 0. The molecular weight excluding hydrogens is 372 g/mol. The Hall–Kier alpha value is -3.66. The minimum absolute atomic E-state index is 0.0230. The summed E-state index contributed by atoms with van der Waals surface area (Å²) in [4.78, 5) is 19.3. The molecule has 4 nitrogen and oxygen atoms in total. The van der Waals surface area contributed by atoms with Gasteiger partial charge in [0.05, 0.1) is 6.54 Å². The first kappa shape index (κ1) is 18.4. The van der Waals surface area contributed by atoms with E-state index in [2.05, 4.69) is 17.1 Å². The summed E-state index contributed by atoms with van der Waals surface area (Å²) >= 11 is 0. The SMILES string of the molecule is O=C(c1ccc(-c2ccccc2)cc1)N1CCC(Oc2cccc3cccnc23)C1. The van der Waals surface area contributed by atoms with E-state index in [0.29, 0.717) is 18.7 Å². The topological polar surface area (TPSA) is 42.4 Å². The molecule has 2 heterocycles. The van der Waals surface area contributed by atoms with E-state index in [9.17, 15) is 4.79 Å². The molecule has 1 aromatic heterocycles. The number of ether oxygens (including phenoxy) is 1. The summed E-state index contributed by atoms with van der Waals surface area (Å²) in [6, 6.07) is 27.9. The Kier molecular flexibility index (Phi) is 4.89. The number of rotatable bonds is 4. The lowest BCUT2D eigenvalue weighted by Gasteiger charge is -2.18. The zero-order valence-corrected chi connectivity index (χ0v) is 16.6. The maximum Gasteiger partial charge on any atom is 0.253 e. The van der Waals surface area contributed by atoms with Gasteiger partial charge in [-0.1, -0.05) is 60.7 Å². The van der Waals surface area contributed by atoms with Crippen LogP contribution in [0.2, 0.25) is 0 Å². The molecule has 148 valence electrons. The highest BCUT2D eigenvalue weighted by atomic mass is 16.5. The molecule has 1 atom stereocenters. The summed E-state index contributed by atoms with van der Waals surface area (Å²) in [6.45, 7) is 1.28. The first-order chi connectivity index (χ1) is 14.8. The van der Waals surface area contributed by atoms with Crippen molar-refractivity contribution in [1.82, 2.24) is 9.88 Å². The Labute approximate surface area is 175 Å². The van der Waals surface area contributed by atoms with Crippen LogP contribution in [0.15, 0.2) is 91.1 Å². The van der Waals surface area contributed by atoms with Crippen LogP contribution >= 0.6 is 0 Å². The zero-order valence-electron chi connectivity index (χ0n) is 16.6. The fourth-order valence-electron chi connectivity index (χ4n) is 3.98. The van der Waals surface area contributed by atoms with Gasteiger partial charge in [0.15, 0.2) is 0 Å². The Morgan fingerprint density at radius 1 is 0.867 bits per heavy atom. The summed E-state index contributed by atoms with van der Waals surface area (Å²) in [5, 5.41) is 1.06. The fraction of sp³-hybridized carbons (Fsp3) is 0.154. The second-order valence-electron chi connectivity index (χ2n) is 7.55. The van der Waals surface area contributed by atoms with Crippen molar-refractivity contribution in [2.75, 3.05) is 13.1 Å². The van der Waals surface area contributed by atoms with Crippen LogP contribution in [-0.2, 0) is 0 Å². The number of pyridine rings is 1. The third-order valence-corrected chi connectivity index (χ3v) is 5.56. The van der Waals surface area contributed by atoms with Gasteiger partial charge in [-0.15, -0.1) is 0 Å². The molecule has 3 aromatic carbocycles. The number of fused-ring (bicyclic) bond motifs is 1. The van der Waals surface area contributed by atoms with Gasteiger partial charge in [0, 0.05) is 30.1 Å². The molecule has 1 amide bonds. The second-order valence-corrected chi connectivity index (χ2v) is 7.55. The van der Waals surface area contributed by atoms with Gasteiger partial charge < -0.3 is 9.64 Å². The molecule has 0 radical (unpaired) electrons. The van der Waals surface area contributed by atoms with Crippen molar-refractivity contribution >= 4 is 16.8 Å². The number of likely N-dealkylation sites (tertiary alicyclic amines) is 1. The Morgan fingerprint density at radius 2 is 1.63 bits per heavy atom. The summed E-state index contributed by atoms with van der Waals surface area (Å²) < 4.78 is 6.23. The summed E-state index contributed by atoms with van der Waals surface area (Å²) in [6.07, 6.45) is 2.57. The van der Waals surface area contributed by atoms with Gasteiger partial charge in [-0.3, -0.25) is 9.78 Å². The van der Waals surface area contributed by atoms with Gasteiger partial charge >= 0.3 is 0 Å². The molecule has 5 rings (SSSR count). The monoisotopic (exact) mass is 394 g/mol. The largest absolute Gasteiger partial charge is 0.486 e. The number of benzene rings is 3. The number of hydrogen-bond donors (Lipinski definition) is 0. The number of carbonyl (C=O) groups is 1. The minimum Gasteiger partial charge on any atom is -0.486 e. The van der Waals surface area contributed by atoms with Gasteiger partial charge in [-0.05, 0) is 35.4 Å². The maximum absolute atomic E-state index is 13.0. The third kappa shape index (κ3) is 3.64. The maximum atomic E-state index is 13.0. The lowest BCUT2D eigenvalue weighted by Crippen LogP contribution is -2.30. The molecule has 0 bridgehead atoms. The second kappa shape index (κ2) is 7.99. The van der Waals surface area contributed by atoms with Gasteiger partial charge in [-0.2, -0.15) is 0 Å². The minimum atomic E-state index is -0.0230.